The summed E-state index contributed by atoms with van der Waals surface area (Å²) < 4.78 is 1.61. The molecule has 7 nitrogen and oxygen atoms in total. The molecule has 25 heavy (non-hydrogen) atoms. The van der Waals surface area contributed by atoms with E-state index in [9.17, 15) is 9.90 Å². The molecule has 1 saturated heterocycles. The summed E-state index contributed by atoms with van der Waals surface area (Å²) in [5.74, 6) is 0.771. The summed E-state index contributed by atoms with van der Waals surface area (Å²) in [6, 6.07) is 9.44. The average molecular weight is 343 g/mol. The van der Waals surface area contributed by atoms with Gasteiger partial charge in [-0.2, -0.15) is 0 Å². The van der Waals surface area contributed by atoms with E-state index >= 15 is 0 Å². The topological polar surface area (TPSA) is 84.1 Å². The van der Waals surface area contributed by atoms with Gasteiger partial charge in [-0.25, -0.2) is 4.68 Å². The first-order chi connectivity index (χ1) is 12.1. The highest BCUT2D eigenvalue weighted by molar-refractivity contribution is 5.81. The Kier molecular flexibility index (Phi) is 5.43. The number of aryl methyl sites for hydroxylation is 1. The van der Waals surface area contributed by atoms with Gasteiger partial charge in [-0.3, -0.25) is 4.79 Å². The van der Waals surface area contributed by atoms with Crippen LogP contribution in [0.25, 0.3) is 0 Å². The molecule has 1 amide bonds. The molecule has 1 aliphatic heterocycles. The lowest BCUT2D eigenvalue weighted by atomic mass is 9.92. The summed E-state index contributed by atoms with van der Waals surface area (Å²) in [6.45, 7) is 4.91. The lowest BCUT2D eigenvalue weighted by Gasteiger charge is -2.36. The molecule has 3 rings (SSSR count). The smallest absolute Gasteiger partial charge is 0.247 e. The lowest BCUT2D eigenvalue weighted by Crippen LogP contribution is -2.46. The number of tetrazole rings is 1. The van der Waals surface area contributed by atoms with Gasteiger partial charge in [-0.15, -0.1) is 5.10 Å². The second-order valence-corrected chi connectivity index (χ2v) is 6.80. The van der Waals surface area contributed by atoms with Crippen molar-refractivity contribution in [1.82, 2.24) is 25.1 Å². The van der Waals surface area contributed by atoms with Crippen LogP contribution in [-0.4, -0.2) is 55.3 Å². The first-order valence-corrected chi connectivity index (χ1v) is 8.81. The molecule has 1 aliphatic rings. The number of likely N-dealkylation sites (tertiary alicyclic amines) is 1. The van der Waals surface area contributed by atoms with E-state index in [2.05, 4.69) is 15.5 Å². The third-order valence-corrected chi connectivity index (χ3v) is 4.96. The average Bonchev–Trinajstić information content (AvgIpc) is 3.06. The molecule has 1 N–H and O–H groups in total. The van der Waals surface area contributed by atoms with Crippen molar-refractivity contribution < 1.29 is 9.90 Å². The van der Waals surface area contributed by atoms with E-state index in [1.54, 1.807) is 18.5 Å². The van der Waals surface area contributed by atoms with Crippen LogP contribution >= 0.6 is 0 Å². The summed E-state index contributed by atoms with van der Waals surface area (Å²) in [4.78, 5) is 15.1. The van der Waals surface area contributed by atoms with E-state index in [4.69, 9.17) is 0 Å². The number of hydrogen-bond acceptors (Lipinski definition) is 5. The summed E-state index contributed by atoms with van der Waals surface area (Å²) >= 11 is 0. The second kappa shape index (κ2) is 7.74. The van der Waals surface area contributed by atoms with E-state index in [0.29, 0.717) is 25.3 Å². The predicted molar refractivity (Wildman–Crippen MR) is 92.7 cm³/mol. The number of benzene rings is 1. The van der Waals surface area contributed by atoms with Crippen LogP contribution in [0.1, 0.15) is 37.2 Å². The van der Waals surface area contributed by atoms with Crippen LogP contribution in [0.15, 0.2) is 30.3 Å². The molecule has 2 heterocycles. The molecule has 2 aromatic rings. The lowest BCUT2D eigenvalue weighted by molar-refractivity contribution is -0.137. The van der Waals surface area contributed by atoms with Gasteiger partial charge in [0.2, 0.25) is 5.91 Å². The van der Waals surface area contributed by atoms with Crippen molar-refractivity contribution in [3.63, 3.8) is 0 Å². The van der Waals surface area contributed by atoms with Crippen molar-refractivity contribution in [3.05, 3.63) is 41.7 Å². The van der Waals surface area contributed by atoms with Crippen molar-refractivity contribution in [2.45, 2.75) is 45.3 Å². The zero-order valence-electron chi connectivity index (χ0n) is 14.7. The number of hydrogen-bond donors (Lipinski definition) is 1. The molecule has 1 fully saturated rings. The van der Waals surface area contributed by atoms with Crippen molar-refractivity contribution in [2.75, 3.05) is 13.1 Å². The standard InChI is InChI=1S/C18H25N5O2/c1-13(24)16-9-6-10-22(12-16)18(25)17(23-14(2)19-20-21-23)11-15-7-4-3-5-8-15/h3-5,7-8,13,16-17,24H,6,9-12H2,1-2H3. The molecule has 3 unspecified atom stereocenters. The zero-order valence-corrected chi connectivity index (χ0v) is 14.7. The van der Waals surface area contributed by atoms with E-state index < -0.39 is 12.1 Å². The van der Waals surface area contributed by atoms with E-state index in [0.717, 1.165) is 18.4 Å². The van der Waals surface area contributed by atoms with Gasteiger partial charge < -0.3 is 10.0 Å². The van der Waals surface area contributed by atoms with Crippen molar-refractivity contribution in [2.24, 2.45) is 5.92 Å². The van der Waals surface area contributed by atoms with Crippen LogP contribution in [0.4, 0.5) is 0 Å². The highest BCUT2D eigenvalue weighted by Gasteiger charge is 2.32. The molecule has 3 atom stereocenters. The largest absolute Gasteiger partial charge is 0.393 e. The number of carbonyl (C=O) groups is 1. The maximum atomic E-state index is 13.2. The number of carbonyl (C=O) groups excluding carboxylic acids is 1. The number of amides is 1. The predicted octanol–water partition coefficient (Wildman–Crippen LogP) is 1.38. The zero-order chi connectivity index (χ0) is 17.8. The van der Waals surface area contributed by atoms with Crippen LogP contribution in [0.5, 0.6) is 0 Å². The molecule has 7 heteroatoms. The first-order valence-electron chi connectivity index (χ1n) is 8.81. The van der Waals surface area contributed by atoms with Gasteiger partial charge in [0.1, 0.15) is 11.9 Å². The van der Waals surface area contributed by atoms with Crippen LogP contribution in [0.2, 0.25) is 0 Å². The third kappa shape index (κ3) is 4.04. The Morgan fingerprint density at radius 2 is 2.12 bits per heavy atom. The Bertz CT molecular complexity index is 701. The Morgan fingerprint density at radius 1 is 1.36 bits per heavy atom. The van der Waals surface area contributed by atoms with Crippen LogP contribution in [0, 0.1) is 12.8 Å². The maximum Gasteiger partial charge on any atom is 0.247 e. The van der Waals surface area contributed by atoms with Gasteiger partial charge in [-0.1, -0.05) is 30.3 Å². The van der Waals surface area contributed by atoms with E-state index in [1.807, 2.05) is 35.2 Å². The summed E-state index contributed by atoms with van der Waals surface area (Å²) in [7, 11) is 0. The van der Waals surface area contributed by atoms with Crippen LogP contribution < -0.4 is 0 Å². The summed E-state index contributed by atoms with van der Waals surface area (Å²) in [5.41, 5.74) is 1.07. The molecule has 1 aromatic heterocycles. The molecule has 0 bridgehead atoms. The van der Waals surface area contributed by atoms with Crippen molar-refractivity contribution in [3.8, 4) is 0 Å². The van der Waals surface area contributed by atoms with Gasteiger partial charge in [0.05, 0.1) is 6.10 Å². The van der Waals surface area contributed by atoms with Gasteiger partial charge in [0.15, 0.2) is 0 Å². The molecule has 0 radical (unpaired) electrons. The Hall–Kier alpha value is -2.28. The van der Waals surface area contributed by atoms with Gasteiger partial charge in [0, 0.05) is 25.4 Å². The number of nitrogens with zero attached hydrogens (tertiary/aromatic N) is 5. The molecule has 134 valence electrons. The SMILES string of the molecule is Cc1nnnn1C(Cc1ccccc1)C(=O)N1CCCC(C(C)O)C1. The summed E-state index contributed by atoms with van der Waals surface area (Å²) in [6.07, 6.45) is 2.00. The number of aliphatic hydroxyl groups is 1. The second-order valence-electron chi connectivity index (χ2n) is 6.80. The molecule has 0 aliphatic carbocycles. The fourth-order valence-electron chi connectivity index (χ4n) is 3.46. The Balaban J connectivity index is 1.83. The molecule has 0 spiro atoms. The van der Waals surface area contributed by atoms with Crippen LogP contribution in [-0.2, 0) is 11.2 Å². The minimum atomic E-state index is -0.467. The fraction of sp³-hybridized carbons (Fsp3) is 0.556. The minimum Gasteiger partial charge on any atom is -0.393 e. The quantitative estimate of drug-likeness (QED) is 0.887. The summed E-state index contributed by atoms with van der Waals surface area (Å²) in [5, 5.41) is 21.6. The molecule has 1 aromatic carbocycles. The normalized spacial score (nSPS) is 20.3. The van der Waals surface area contributed by atoms with Crippen molar-refractivity contribution in [1.29, 1.82) is 0 Å². The first kappa shape index (κ1) is 17.5. The van der Waals surface area contributed by atoms with Crippen molar-refractivity contribution >= 4 is 5.91 Å². The van der Waals surface area contributed by atoms with Gasteiger partial charge >= 0.3 is 0 Å². The number of aromatic nitrogens is 4. The highest BCUT2D eigenvalue weighted by atomic mass is 16.3. The monoisotopic (exact) mass is 343 g/mol. The van der Waals surface area contributed by atoms with E-state index in [-0.39, 0.29) is 11.8 Å². The van der Waals surface area contributed by atoms with E-state index in [1.165, 1.54) is 0 Å². The number of piperidine rings is 1. The minimum absolute atomic E-state index is 0.0182. The Labute approximate surface area is 147 Å². The van der Waals surface area contributed by atoms with Gasteiger partial charge in [0.25, 0.3) is 0 Å². The fourth-order valence-corrected chi connectivity index (χ4v) is 3.46. The van der Waals surface area contributed by atoms with Crippen LogP contribution in [0.3, 0.4) is 0 Å². The maximum absolute atomic E-state index is 13.2. The third-order valence-electron chi connectivity index (χ3n) is 4.96. The molecular formula is C18H25N5O2. The van der Waals surface area contributed by atoms with Gasteiger partial charge in [-0.05, 0) is 42.7 Å². The molecule has 0 saturated carbocycles. The highest BCUT2D eigenvalue weighted by Crippen LogP contribution is 2.24. The Morgan fingerprint density at radius 3 is 2.76 bits per heavy atom. The number of rotatable bonds is 5. The molecular weight excluding hydrogens is 318 g/mol. The number of aliphatic hydroxyl groups excluding tert-OH is 1.